The molecule has 19 heavy (non-hydrogen) atoms. The number of hydrogen-bond donors (Lipinski definition) is 2. The van der Waals surface area contributed by atoms with Crippen LogP contribution >= 0.6 is 11.6 Å². The number of anilines is 2. The minimum Gasteiger partial charge on any atom is -0.497 e. The predicted octanol–water partition coefficient (Wildman–Crippen LogP) is 3.85. The maximum atomic E-state index is 6.03. The van der Waals surface area contributed by atoms with Crippen molar-refractivity contribution in [3.63, 3.8) is 0 Å². The molecule has 0 saturated heterocycles. The molecule has 3 N–H and O–H groups in total. The van der Waals surface area contributed by atoms with Crippen LogP contribution < -0.4 is 15.8 Å². The van der Waals surface area contributed by atoms with E-state index in [9.17, 15) is 0 Å². The van der Waals surface area contributed by atoms with Gasteiger partial charge in [0.05, 0.1) is 17.8 Å². The van der Waals surface area contributed by atoms with Crippen LogP contribution in [0.15, 0.2) is 36.4 Å². The largest absolute Gasteiger partial charge is 0.497 e. The number of nitrogen functional groups attached to an aromatic ring is 1. The second-order valence-electron chi connectivity index (χ2n) is 4.39. The molecular formula is C15H17ClN2O. The highest BCUT2D eigenvalue weighted by Gasteiger charge is 2.03. The fraction of sp³-hybridized carbons (Fsp3) is 0.200. The Morgan fingerprint density at radius 1 is 1.21 bits per heavy atom. The third-order valence-corrected chi connectivity index (χ3v) is 3.31. The minimum atomic E-state index is 0.572. The molecule has 0 amide bonds. The van der Waals surface area contributed by atoms with Crippen molar-refractivity contribution >= 4 is 23.0 Å². The van der Waals surface area contributed by atoms with E-state index in [0.29, 0.717) is 10.7 Å². The summed E-state index contributed by atoms with van der Waals surface area (Å²) in [6.45, 7) is 2.73. The third-order valence-electron chi connectivity index (χ3n) is 2.99. The maximum absolute atomic E-state index is 6.03. The number of halogens is 1. The first kappa shape index (κ1) is 13.6. The number of methoxy groups -OCH3 is 1. The van der Waals surface area contributed by atoms with Crippen LogP contribution in [0.25, 0.3) is 0 Å². The van der Waals surface area contributed by atoms with Gasteiger partial charge in [-0.05, 0) is 42.3 Å². The number of ether oxygens (including phenoxy) is 1. The van der Waals surface area contributed by atoms with Gasteiger partial charge in [-0.3, -0.25) is 0 Å². The number of hydrogen-bond acceptors (Lipinski definition) is 3. The van der Waals surface area contributed by atoms with E-state index in [4.69, 9.17) is 22.1 Å². The van der Waals surface area contributed by atoms with E-state index in [0.717, 1.165) is 23.5 Å². The van der Waals surface area contributed by atoms with Crippen LogP contribution in [0.3, 0.4) is 0 Å². The second-order valence-corrected chi connectivity index (χ2v) is 4.80. The Morgan fingerprint density at radius 3 is 2.53 bits per heavy atom. The summed E-state index contributed by atoms with van der Waals surface area (Å²) < 4.78 is 5.13. The molecule has 0 aliphatic carbocycles. The molecule has 100 valence electrons. The van der Waals surface area contributed by atoms with Gasteiger partial charge >= 0.3 is 0 Å². The molecule has 0 bridgehead atoms. The van der Waals surface area contributed by atoms with Gasteiger partial charge in [-0.1, -0.05) is 23.7 Å². The van der Waals surface area contributed by atoms with Crippen molar-refractivity contribution in [3.8, 4) is 5.75 Å². The normalized spacial score (nSPS) is 10.3. The molecule has 4 heteroatoms. The van der Waals surface area contributed by atoms with Gasteiger partial charge in [0.25, 0.3) is 0 Å². The van der Waals surface area contributed by atoms with E-state index in [-0.39, 0.29) is 0 Å². The first-order valence-electron chi connectivity index (χ1n) is 6.02. The Labute approximate surface area is 118 Å². The van der Waals surface area contributed by atoms with Gasteiger partial charge in [-0.15, -0.1) is 0 Å². The summed E-state index contributed by atoms with van der Waals surface area (Å²) >= 11 is 6.03. The summed E-state index contributed by atoms with van der Waals surface area (Å²) in [4.78, 5) is 0. The van der Waals surface area contributed by atoms with Crippen molar-refractivity contribution in [1.29, 1.82) is 0 Å². The molecule has 2 rings (SSSR count). The Balaban J connectivity index is 2.07. The van der Waals surface area contributed by atoms with Gasteiger partial charge in [0.1, 0.15) is 5.75 Å². The minimum absolute atomic E-state index is 0.572. The number of nitrogens with one attached hydrogen (secondary N) is 1. The van der Waals surface area contributed by atoms with Gasteiger partial charge in [0, 0.05) is 12.2 Å². The van der Waals surface area contributed by atoms with Crippen LogP contribution in [-0.4, -0.2) is 7.11 Å². The average Bonchev–Trinajstić information content (AvgIpc) is 2.42. The standard InChI is InChI=1S/C15H17ClN2O/c1-10-7-14(17)13(16)8-15(10)18-9-11-3-5-12(19-2)6-4-11/h3-8,18H,9,17H2,1-2H3. The molecule has 0 fully saturated rings. The highest BCUT2D eigenvalue weighted by Crippen LogP contribution is 2.27. The smallest absolute Gasteiger partial charge is 0.118 e. The van der Waals surface area contributed by atoms with Crippen LogP contribution in [0, 0.1) is 6.92 Å². The monoisotopic (exact) mass is 276 g/mol. The molecule has 0 radical (unpaired) electrons. The fourth-order valence-electron chi connectivity index (χ4n) is 1.83. The molecule has 0 unspecified atom stereocenters. The topological polar surface area (TPSA) is 47.3 Å². The number of rotatable bonds is 4. The zero-order chi connectivity index (χ0) is 13.8. The van der Waals surface area contributed by atoms with E-state index in [1.807, 2.05) is 43.3 Å². The van der Waals surface area contributed by atoms with Crippen LogP contribution in [0.2, 0.25) is 5.02 Å². The summed E-state index contributed by atoms with van der Waals surface area (Å²) in [6, 6.07) is 11.7. The number of aryl methyl sites for hydroxylation is 1. The van der Waals surface area contributed by atoms with Crippen LogP contribution in [0.4, 0.5) is 11.4 Å². The summed E-state index contributed by atoms with van der Waals surface area (Å²) in [7, 11) is 1.66. The predicted molar refractivity (Wildman–Crippen MR) is 80.9 cm³/mol. The summed E-state index contributed by atoms with van der Waals surface area (Å²) in [6.07, 6.45) is 0. The van der Waals surface area contributed by atoms with E-state index < -0.39 is 0 Å². The Bertz CT molecular complexity index is 567. The first-order chi connectivity index (χ1) is 9.10. The summed E-state index contributed by atoms with van der Waals surface area (Å²) in [5.74, 6) is 0.857. The van der Waals surface area contributed by atoms with E-state index in [2.05, 4.69) is 5.32 Å². The summed E-state index contributed by atoms with van der Waals surface area (Å²) in [5, 5.41) is 3.93. The molecule has 2 aromatic carbocycles. The van der Waals surface area contributed by atoms with E-state index in [1.165, 1.54) is 5.56 Å². The van der Waals surface area contributed by atoms with Crippen molar-refractivity contribution in [1.82, 2.24) is 0 Å². The van der Waals surface area contributed by atoms with Gasteiger partial charge in [0.2, 0.25) is 0 Å². The molecule has 0 saturated carbocycles. The van der Waals surface area contributed by atoms with Gasteiger partial charge in [-0.25, -0.2) is 0 Å². The lowest BCUT2D eigenvalue weighted by molar-refractivity contribution is 0.414. The molecule has 0 aliphatic rings. The van der Waals surface area contributed by atoms with E-state index in [1.54, 1.807) is 7.11 Å². The second kappa shape index (κ2) is 5.85. The molecule has 0 aliphatic heterocycles. The van der Waals surface area contributed by atoms with Crippen molar-refractivity contribution in [2.24, 2.45) is 0 Å². The first-order valence-corrected chi connectivity index (χ1v) is 6.40. The quantitative estimate of drug-likeness (QED) is 0.834. The van der Waals surface area contributed by atoms with Gasteiger partial charge < -0.3 is 15.8 Å². The lowest BCUT2D eigenvalue weighted by Gasteiger charge is -2.12. The van der Waals surface area contributed by atoms with Crippen LogP contribution in [0.5, 0.6) is 5.75 Å². The SMILES string of the molecule is COc1ccc(CNc2cc(Cl)c(N)cc2C)cc1. The lowest BCUT2D eigenvalue weighted by Crippen LogP contribution is -2.02. The van der Waals surface area contributed by atoms with Gasteiger partial charge in [0.15, 0.2) is 0 Å². The Hall–Kier alpha value is -1.87. The molecule has 3 nitrogen and oxygen atoms in total. The summed E-state index contributed by atoms with van der Waals surface area (Å²) in [5.41, 5.74) is 9.61. The van der Waals surface area contributed by atoms with Crippen molar-refractivity contribution in [3.05, 3.63) is 52.5 Å². The molecule has 0 spiro atoms. The zero-order valence-electron chi connectivity index (χ0n) is 11.0. The number of benzene rings is 2. The third kappa shape index (κ3) is 3.32. The van der Waals surface area contributed by atoms with E-state index >= 15 is 0 Å². The lowest BCUT2D eigenvalue weighted by atomic mass is 10.1. The molecule has 0 aromatic heterocycles. The van der Waals surface area contributed by atoms with Crippen LogP contribution in [0.1, 0.15) is 11.1 Å². The van der Waals surface area contributed by atoms with Crippen molar-refractivity contribution < 1.29 is 4.74 Å². The van der Waals surface area contributed by atoms with Crippen molar-refractivity contribution in [2.75, 3.05) is 18.2 Å². The Morgan fingerprint density at radius 2 is 1.89 bits per heavy atom. The van der Waals surface area contributed by atoms with Crippen molar-refractivity contribution in [2.45, 2.75) is 13.5 Å². The fourth-order valence-corrected chi connectivity index (χ4v) is 2.00. The zero-order valence-corrected chi connectivity index (χ0v) is 11.8. The van der Waals surface area contributed by atoms with Crippen LogP contribution in [-0.2, 0) is 6.54 Å². The Kier molecular flexibility index (Phi) is 4.17. The maximum Gasteiger partial charge on any atom is 0.118 e. The highest BCUT2D eigenvalue weighted by atomic mass is 35.5. The van der Waals surface area contributed by atoms with Gasteiger partial charge in [-0.2, -0.15) is 0 Å². The molecule has 0 heterocycles. The molecule has 0 atom stereocenters. The number of nitrogens with two attached hydrogens (primary N) is 1. The average molecular weight is 277 g/mol. The molecule has 2 aromatic rings. The highest BCUT2D eigenvalue weighted by molar-refractivity contribution is 6.33. The molecular weight excluding hydrogens is 260 g/mol.